The zero-order valence-electron chi connectivity index (χ0n) is 8.16. The number of rotatable bonds is 7. The topological polar surface area (TPSA) is 66.9 Å². The van der Waals surface area contributed by atoms with Gasteiger partial charge in [-0.2, -0.15) is 5.26 Å². The van der Waals surface area contributed by atoms with Crippen molar-refractivity contribution in [1.29, 1.82) is 5.26 Å². The summed E-state index contributed by atoms with van der Waals surface area (Å²) in [5.74, 6) is 0.711. The molecule has 0 aliphatic carbocycles. The Bertz CT molecular complexity index is 189. The summed E-state index contributed by atoms with van der Waals surface area (Å²) in [6.45, 7) is 2.57. The average molecular weight is 202 g/mol. The van der Waals surface area contributed by atoms with Crippen molar-refractivity contribution in [1.82, 2.24) is 0 Å². The Morgan fingerprint density at radius 2 is 2.23 bits per heavy atom. The molecular weight excluding hydrogens is 184 g/mol. The van der Waals surface area contributed by atoms with Gasteiger partial charge >= 0.3 is 0 Å². The van der Waals surface area contributed by atoms with Crippen LogP contribution in [0.4, 0.5) is 0 Å². The van der Waals surface area contributed by atoms with Gasteiger partial charge in [-0.05, 0) is 25.8 Å². The zero-order chi connectivity index (χ0) is 10.1. The molecule has 3 nitrogen and oxygen atoms in total. The second kappa shape index (κ2) is 8.21. The van der Waals surface area contributed by atoms with Gasteiger partial charge in [0.2, 0.25) is 0 Å². The first-order valence-electron chi connectivity index (χ1n) is 4.66. The third kappa shape index (κ3) is 6.73. The molecule has 2 atom stereocenters. The molecule has 0 saturated heterocycles. The van der Waals surface area contributed by atoms with Crippen molar-refractivity contribution < 1.29 is 4.21 Å². The van der Waals surface area contributed by atoms with Crippen LogP contribution in [0.3, 0.4) is 0 Å². The van der Waals surface area contributed by atoms with E-state index in [9.17, 15) is 4.21 Å². The lowest BCUT2D eigenvalue weighted by atomic mass is 10.3. The molecule has 13 heavy (non-hydrogen) atoms. The van der Waals surface area contributed by atoms with Crippen LogP contribution >= 0.6 is 0 Å². The maximum absolute atomic E-state index is 11.5. The molecule has 0 radical (unpaired) electrons. The molecule has 2 N–H and O–H groups in total. The van der Waals surface area contributed by atoms with Crippen LogP contribution in [0.1, 0.15) is 32.6 Å². The van der Waals surface area contributed by atoms with Crippen molar-refractivity contribution >= 4 is 10.8 Å². The van der Waals surface area contributed by atoms with Crippen molar-refractivity contribution in [2.75, 3.05) is 12.3 Å². The van der Waals surface area contributed by atoms with E-state index >= 15 is 0 Å². The third-order valence-corrected chi connectivity index (χ3v) is 3.73. The number of nitrogens with two attached hydrogens (primary N) is 1. The molecule has 0 fully saturated rings. The smallest absolute Gasteiger partial charge is 0.0621 e. The summed E-state index contributed by atoms with van der Waals surface area (Å²) in [6, 6.07) is 2.08. The quantitative estimate of drug-likeness (QED) is 0.630. The number of nitrogens with zero attached hydrogens (tertiary/aromatic N) is 1. The fourth-order valence-electron chi connectivity index (χ4n) is 1.02. The number of hydrogen-bond acceptors (Lipinski definition) is 3. The normalized spacial score (nSPS) is 14.8. The molecule has 76 valence electrons. The molecule has 0 aromatic heterocycles. The first-order valence-corrected chi connectivity index (χ1v) is 6.04. The molecule has 0 aliphatic rings. The van der Waals surface area contributed by atoms with Gasteiger partial charge in [-0.15, -0.1) is 0 Å². The number of unbranched alkanes of at least 4 members (excludes halogenated alkanes) is 2. The van der Waals surface area contributed by atoms with Gasteiger partial charge in [-0.1, -0.05) is 6.92 Å². The summed E-state index contributed by atoms with van der Waals surface area (Å²) in [6.07, 6.45) is 3.14. The molecule has 0 amide bonds. The fraction of sp³-hybridized carbons (Fsp3) is 0.889. The number of hydrogen-bond donors (Lipinski definition) is 1. The molecule has 2 unspecified atom stereocenters. The Balaban J connectivity index is 3.45. The van der Waals surface area contributed by atoms with E-state index in [2.05, 4.69) is 6.07 Å². The van der Waals surface area contributed by atoms with Gasteiger partial charge < -0.3 is 5.73 Å². The Kier molecular flexibility index (Phi) is 7.96. The van der Waals surface area contributed by atoms with E-state index in [0.717, 1.165) is 19.3 Å². The van der Waals surface area contributed by atoms with Crippen LogP contribution in [0.5, 0.6) is 0 Å². The minimum Gasteiger partial charge on any atom is -0.330 e. The van der Waals surface area contributed by atoms with E-state index in [1.807, 2.05) is 6.92 Å². The van der Waals surface area contributed by atoms with E-state index in [4.69, 9.17) is 11.0 Å². The fourth-order valence-corrected chi connectivity index (χ4v) is 2.31. The van der Waals surface area contributed by atoms with Crippen LogP contribution < -0.4 is 5.73 Å². The summed E-state index contributed by atoms with van der Waals surface area (Å²) in [4.78, 5) is 0. The summed E-state index contributed by atoms with van der Waals surface area (Å²) >= 11 is 0. The molecule has 0 bridgehead atoms. The monoisotopic (exact) mass is 202 g/mol. The second-order valence-corrected chi connectivity index (χ2v) is 5.06. The molecule has 0 rings (SSSR count). The van der Waals surface area contributed by atoms with E-state index in [1.54, 1.807) is 0 Å². The maximum atomic E-state index is 11.5. The van der Waals surface area contributed by atoms with Crippen molar-refractivity contribution in [2.45, 2.75) is 37.9 Å². The summed E-state index contributed by atoms with van der Waals surface area (Å²) < 4.78 is 11.5. The zero-order valence-corrected chi connectivity index (χ0v) is 8.98. The Labute approximate surface area is 82.8 Å². The van der Waals surface area contributed by atoms with Gasteiger partial charge in [-0.25, -0.2) is 0 Å². The molecule has 4 heteroatoms. The summed E-state index contributed by atoms with van der Waals surface area (Å²) in [5.41, 5.74) is 5.37. The standard InChI is InChI=1S/C9H18N2OS/c1-9(5-7-11)13(12)8-4-2-3-6-10/h9H,2-5,7-8,11H2,1H3. The molecule has 0 aromatic carbocycles. The molecule has 0 aliphatic heterocycles. The van der Waals surface area contributed by atoms with Crippen LogP contribution in [0.15, 0.2) is 0 Å². The maximum Gasteiger partial charge on any atom is 0.0621 e. The second-order valence-electron chi connectivity index (χ2n) is 3.09. The summed E-state index contributed by atoms with van der Waals surface area (Å²) in [7, 11) is -0.758. The van der Waals surface area contributed by atoms with Gasteiger partial charge in [0.25, 0.3) is 0 Å². The SMILES string of the molecule is CC(CCN)S(=O)CCCCC#N. The van der Waals surface area contributed by atoms with Crippen LogP contribution in [0.25, 0.3) is 0 Å². The van der Waals surface area contributed by atoms with Gasteiger partial charge in [0, 0.05) is 28.2 Å². The highest BCUT2D eigenvalue weighted by atomic mass is 32.2. The largest absolute Gasteiger partial charge is 0.330 e. The van der Waals surface area contributed by atoms with E-state index in [1.165, 1.54) is 0 Å². The average Bonchev–Trinajstić information content (AvgIpc) is 2.12. The molecule has 0 saturated carbocycles. The summed E-state index contributed by atoms with van der Waals surface area (Å²) in [5, 5.41) is 8.48. The Hall–Kier alpha value is -0.400. The van der Waals surface area contributed by atoms with Gasteiger partial charge in [-0.3, -0.25) is 4.21 Å². The number of nitriles is 1. The van der Waals surface area contributed by atoms with E-state index in [0.29, 0.717) is 18.7 Å². The Morgan fingerprint density at radius 1 is 1.54 bits per heavy atom. The van der Waals surface area contributed by atoms with Crippen LogP contribution in [-0.2, 0) is 10.8 Å². The van der Waals surface area contributed by atoms with Crippen molar-refractivity contribution in [3.8, 4) is 6.07 Å². The lowest BCUT2D eigenvalue weighted by molar-refractivity contribution is 0.661. The van der Waals surface area contributed by atoms with Crippen LogP contribution in [0.2, 0.25) is 0 Å². The Morgan fingerprint density at radius 3 is 2.77 bits per heavy atom. The highest BCUT2D eigenvalue weighted by molar-refractivity contribution is 7.85. The van der Waals surface area contributed by atoms with Gasteiger partial charge in [0.15, 0.2) is 0 Å². The van der Waals surface area contributed by atoms with E-state index in [-0.39, 0.29) is 5.25 Å². The molecular formula is C9H18N2OS. The third-order valence-electron chi connectivity index (χ3n) is 1.91. The predicted molar refractivity (Wildman–Crippen MR) is 55.6 cm³/mol. The molecule has 0 heterocycles. The first kappa shape index (κ1) is 12.6. The minimum absolute atomic E-state index is 0.201. The highest BCUT2D eigenvalue weighted by Gasteiger charge is 2.08. The molecule has 0 aromatic rings. The van der Waals surface area contributed by atoms with E-state index < -0.39 is 10.8 Å². The van der Waals surface area contributed by atoms with Crippen molar-refractivity contribution in [2.24, 2.45) is 5.73 Å². The van der Waals surface area contributed by atoms with Crippen molar-refractivity contribution in [3.05, 3.63) is 0 Å². The predicted octanol–water partition coefficient (Wildman–Crippen LogP) is 1.17. The lowest BCUT2D eigenvalue weighted by Gasteiger charge is -2.08. The lowest BCUT2D eigenvalue weighted by Crippen LogP contribution is -2.18. The van der Waals surface area contributed by atoms with Crippen molar-refractivity contribution in [3.63, 3.8) is 0 Å². The van der Waals surface area contributed by atoms with Gasteiger partial charge in [0.1, 0.15) is 0 Å². The van der Waals surface area contributed by atoms with Crippen LogP contribution in [-0.4, -0.2) is 21.8 Å². The first-order chi connectivity index (χ1) is 6.22. The van der Waals surface area contributed by atoms with Crippen LogP contribution in [0, 0.1) is 11.3 Å². The highest BCUT2D eigenvalue weighted by Crippen LogP contribution is 2.04. The molecule has 0 spiro atoms. The van der Waals surface area contributed by atoms with Gasteiger partial charge in [0.05, 0.1) is 6.07 Å². The minimum atomic E-state index is -0.758.